The fourth-order valence-electron chi connectivity index (χ4n) is 3.65. The van der Waals surface area contributed by atoms with Gasteiger partial charge in [0, 0.05) is 57.4 Å². The molecule has 0 radical (unpaired) electrons. The van der Waals surface area contributed by atoms with E-state index in [-0.39, 0.29) is 0 Å². The van der Waals surface area contributed by atoms with Gasteiger partial charge in [0.25, 0.3) is 0 Å². The van der Waals surface area contributed by atoms with E-state index in [4.69, 9.17) is 14.5 Å². The number of likely N-dealkylation sites (N-methyl/N-ethyl adjacent to an activating group) is 1. The van der Waals surface area contributed by atoms with Gasteiger partial charge in [-0.05, 0) is 45.0 Å². The molecule has 2 aliphatic heterocycles. The van der Waals surface area contributed by atoms with Crippen LogP contribution in [0, 0.1) is 0 Å². The lowest BCUT2D eigenvalue weighted by Crippen LogP contribution is -2.46. The van der Waals surface area contributed by atoms with Crippen molar-refractivity contribution in [2.45, 2.75) is 33.1 Å². The van der Waals surface area contributed by atoms with Crippen LogP contribution in [0.15, 0.2) is 23.2 Å². The summed E-state index contributed by atoms with van der Waals surface area (Å²) in [6, 6.07) is 5.96. The Morgan fingerprint density at radius 1 is 1.00 bits per heavy atom. The number of hydrogen-bond acceptors (Lipinski definition) is 5. The molecule has 0 aromatic heterocycles. The zero-order chi connectivity index (χ0) is 20.3. The molecule has 0 amide bonds. The first-order chi connectivity index (χ1) is 14.3. The van der Waals surface area contributed by atoms with Crippen molar-refractivity contribution in [3.63, 3.8) is 0 Å². The van der Waals surface area contributed by atoms with E-state index >= 15 is 0 Å². The van der Waals surface area contributed by atoms with Crippen LogP contribution < -0.4 is 20.1 Å². The first-order valence-electron chi connectivity index (χ1n) is 11.2. The number of nitrogens with one attached hydrogen (secondary N) is 2. The SMILES string of the molecule is CCNC(=NCCCCN1CCN(CC)CC1)Nc1ccc2c(c1)OCCCO2. The molecule has 0 bridgehead atoms. The van der Waals surface area contributed by atoms with Crippen molar-refractivity contribution in [1.29, 1.82) is 0 Å². The Morgan fingerprint density at radius 2 is 1.76 bits per heavy atom. The Kier molecular flexibility index (Phi) is 8.89. The van der Waals surface area contributed by atoms with Crippen molar-refractivity contribution in [1.82, 2.24) is 15.1 Å². The number of piperazine rings is 1. The van der Waals surface area contributed by atoms with Crippen LogP contribution in [-0.4, -0.2) is 81.3 Å². The summed E-state index contributed by atoms with van der Waals surface area (Å²) in [5, 5.41) is 6.72. The number of unbranched alkanes of at least 4 members (excludes halogenated alkanes) is 1. The van der Waals surface area contributed by atoms with Crippen molar-refractivity contribution < 1.29 is 9.47 Å². The number of rotatable bonds is 8. The third kappa shape index (κ3) is 7.08. The van der Waals surface area contributed by atoms with E-state index in [9.17, 15) is 0 Å². The number of fused-ring (bicyclic) bond motifs is 1. The lowest BCUT2D eigenvalue weighted by molar-refractivity contribution is 0.136. The maximum absolute atomic E-state index is 5.78. The molecule has 29 heavy (non-hydrogen) atoms. The van der Waals surface area contributed by atoms with E-state index in [1.165, 1.54) is 45.7 Å². The summed E-state index contributed by atoms with van der Waals surface area (Å²) in [4.78, 5) is 9.85. The molecule has 2 heterocycles. The first kappa shape index (κ1) is 21.7. The van der Waals surface area contributed by atoms with Crippen LogP contribution in [0.2, 0.25) is 0 Å². The second-order valence-corrected chi connectivity index (χ2v) is 7.58. The van der Waals surface area contributed by atoms with E-state index in [1.54, 1.807) is 0 Å². The molecule has 162 valence electrons. The van der Waals surface area contributed by atoms with Gasteiger partial charge in [0.05, 0.1) is 13.2 Å². The van der Waals surface area contributed by atoms with Crippen LogP contribution in [0.3, 0.4) is 0 Å². The summed E-state index contributed by atoms with van der Waals surface area (Å²) in [7, 11) is 0. The Hall–Kier alpha value is -1.99. The average molecular weight is 404 g/mol. The van der Waals surface area contributed by atoms with Crippen LogP contribution in [-0.2, 0) is 0 Å². The van der Waals surface area contributed by atoms with Crippen molar-refractivity contribution in [3.05, 3.63) is 18.2 Å². The first-order valence-corrected chi connectivity index (χ1v) is 11.2. The quantitative estimate of drug-likeness (QED) is 0.395. The Morgan fingerprint density at radius 3 is 2.52 bits per heavy atom. The normalized spacial score (nSPS) is 18.3. The van der Waals surface area contributed by atoms with E-state index in [1.807, 2.05) is 18.2 Å². The Bertz CT molecular complexity index is 644. The highest BCUT2D eigenvalue weighted by Crippen LogP contribution is 2.32. The summed E-state index contributed by atoms with van der Waals surface area (Å²) in [5.74, 6) is 2.43. The fourth-order valence-corrected chi connectivity index (χ4v) is 3.65. The smallest absolute Gasteiger partial charge is 0.195 e. The van der Waals surface area contributed by atoms with Gasteiger partial charge in [-0.1, -0.05) is 6.92 Å². The molecule has 1 saturated heterocycles. The molecule has 0 saturated carbocycles. The van der Waals surface area contributed by atoms with Crippen molar-refractivity contribution in [2.75, 3.05) is 70.9 Å². The molecule has 2 aliphatic rings. The Labute approximate surface area is 175 Å². The van der Waals surface area contributed by atoms with Crippen LogP contribution in [0.1, 0.15) is 33.1 Å². The highest BCUT2D eigenvalue weighted by molar-refractivity contribution is 5.93. The lowest BCUT2D eigenvalue weighted by atomic mass is 10.2. The predicted molar refractivity (Wildman–Crippen MR) is 119 cm³/mol. The third-order valence-electron chi connectivity index (χ3n) is 5.42. The van der Waals surface area contributed by atoms with E-state index in [0.29, 0.717) is 13.2 Å². The molecule has 2 N–H and O–H groups in total. The second kappa shape index (κ2) is 11.9. The third-order valence-corrected chi connectivity index (χ3v) is 5.42. The summed E-state index contributed by atoms with van der Waals surface area (Å²) >= 11 is 0. The van der Waals surface area contributed by atoms with E-state index in [0.717, 1.165) is 49.1 Å². The molecule has 3 rings (SSSR count). The average Bonchev–Trinajstić information content (AvgIpc) is 2.99. The molecule has 0 spiro atoms. The molecule has 7 nitrogen and oxygen atoms in total. The molecule has 0 unspecified atom stereocenters. The number of nitrogens with zero attached hydrogens (tertiary/aromatic N) is 3. The molecule has 1 aromatic rings. The number of benzene rings is 1. The van der Waals surface area contributed by atoms with Gasteiger partial charge in [-0.3, -0.25) is 4.99 Å². The second-order valence-electron chi connectivity index (χ2n) is 7.58. The van der Waals surface area contributed by atoms with Crippen LogP contribution in [0.25, 0.3) is 0 Å². The summed E-state index contributed by atoms with van der Waals surface area (Å²) in [5.41, 5.74) is 0.961. The molecule has 1 fully saturated rings. The van der Waals surface area contributed by atoms with Crippen LogP contribution in [0.5, 0.6) is 11.5 Å². The van der Waals surface area contributed by atoms with Gasteiger partial charge < -0.3 is 29.9 Å². The largest absolute Gasteiger partial charge is 0.490 e. The van der Waals surface area contributed by atoms with Gasteiger partial charge >= 0.3 is 0 Å². The zero-order valence-electron chi connectivity index (χ0n) is 18.1. The van der Waals surface area contributed by atoms with Gasteiger partial charge in [0.2, 0.25) is 0 Å². The number of ether oxygens (including phenoxy) is 2. The molecule has 0 aliphatic carbocycles. The van der Waals surface area contributed by atoms with Crippen molar-refractivity contribution in [2.24, 2.45) is 4.99 Å². The maximum atomic E-state index is 5.78. The van der Waals surface area contributed by atoms with Crippen molar-refractivity contribution in [3.8, 4) is 11.5 Å². The fraction of sp³-hybridized carbons (Fsp3) is 0.682. The minimum atomic E-state index is 0.693. The minimum absolute atomic E-state index is 0.693. The van der Waals surface area contributed by atoms with Gasteiger partial charge in [-0.25, -0.2) is 0 Å². The molecule has 0 atom stereocenters. The number of hydrogen-bond donors (Lipinski definition) is 2. The van der Waals surface area contributed by atoms with Gasteiger partial charge in [-0.2, -0.15) is 0 Å². The molecule has 7 heteroatoms. The predicted octanol–water partition coefficient (Wildman–Crippen LogP) is 2.64. The number of guanidine groups is 1. The summed E-state index contributed by atoms with van der Waals surface area (Å²) in [6.45, 7) is 14.6. The van der Waals surface area contributed by atoms with Gasteiger partial charge in [0.15, 0.2) is 17.5 Å². The highest BCUT2D eigenvalue weighted by atomic mass is 16.5. The topological polar surface area (TPSA) is 61.4 Å². The van der Waals surface area contributed by atoms with Crippen LogP contribution >= 0.6 is 0 Å². The van der Waals surface area contributed by atoms with E-state index in [2.05, 4.69) is 34.3 Å². The Balaban J connectivity index is 1.43. The molecule has 1 aromatic carbocycles. The standard InChI is InChI=1S/C22H37N5O2/c1-3-23-22(24-10-5-6-11-27-14-12-26(4-2)13-15-27)25-19-8-9-20-21(18-19)29-17-7-16-28-20/h8-9,18H,3-7,10-17H2,1-2H3,(H2,23,24,25). The maximum Gasteiger partial charge on any atom is 0.195 e. The molecular formula is C22H37N5O2. The highest BCUT2D eigenvalue weighted by Gasteiger charge is 2.14. The summed E-state index contributed by atoms with van der Waals surface area (Å²) in [6.07, 6.45) is 3.21. The minimum Gasteiger partial charge on any atom is -0.490 e. The van der Waals surface area contributed by atoms with Crippen LogP contribution in [0.4, 0.5) is 5.69 Å². The van der Waals surface area contributed by atoms with Crippen molar-refractivity contribution >= 4 is 11.6 Å². The van der Waals surface area contributed by atoms with E-state index < -0.39 is 0 Å². The monoisotopic (exact) mass is 403 g/mol. The number of anilines is 1. The lowest BCUT2D eigenvalue weighted by Gasteiger charge is -2.33. The van der Waals surface area contributed by atoms with Gasteiger partial charge in [-0.15, -0.1) is 0 Å². The van der Waals surface area contributed by atoms with Gasteiger partial charge in [0.1, 0.15) is 0 Å². The number of aliphatic imine (C=N–C) groups is 1. The molecular weight excluding hydrogens is 366 g/mol. The summed E-state index contributed by atoms with van der Waals surface area (Å²) < 4.78 is 11.5. The zero-order valence-corrected chi connectivity index (χ0v) is 18.1.